The number of imide groups is 1. The first kappa shape index (κ1) is 32.6. The minimum atomic E-state index is -3.92. The Hall–Kier alpha value is -3.84. The molecule has 5 rings (SSSR count). The van der Waals surface area contributed by atoms with Crippen LogP contribution < -0.4 is 9.46 Å². The monoisotopic (exact) mass is 656 g/mol. The molecule has 0 aromatic heterocycles. The van der Waals surface area contributed by atoms with Crippen molar-refractivity contribution in [3.63, 3.8) is 0 Å². The van der Waals surface area contributed by atoms with Crippen molar-refractivity contribution in [2.45, 2.75) is 39.0 Å². The standard InChI is InChI=1S/C32H34ClFN4O6S/c1-21-18-38(22(2)17-36(21)19-23-7-10-26(34)11-8-23)30(39)20-44-29-12-9-25(33)15-24(29)16-35-45(42,43)14-13-37-31(40)27-5-3-4-6-28(27)32(37)41/h3-12,15,21-22,35H,13-14,16-20H2,1-2H3. The zero-order chi connectivity index (χ0) is 32.3. The molecule has 13 heteroatoms. The molecule has 2 aliphatic rings. The lowest BCUT2D eigenvalue weighted by Gasteiger charge is -2.44. The summed E-state index contributed by atoms with van der Waals surface area (Å²) in [5.41, 5.74) is 1.91. The Kier molecular flexibility index (Phi) is 9.88. The Morgan fingerprint density at radius 3 is 2.31 bits per heavy atom. The Bertz CT molecular complexity index is 1670. The van der Waals surface area contributed by atoms with Crippen LogP contribution in [0.2, 0.25) is 5.02 Å². The van der Waals surface area contributed by atoms with Crippen molar-refractivity contribution >= 4 is 39.3 Å². The molecule has 2 heterocycles. The van der Waals surface area contributed by atoms with Crippen molar-refractivity contribution < 1.29 is 31.9 Å². The summed E-state index contributed by atoms with van der Waals surface area (Å²) in [4.78, 5) is 43.3. The second kappa shape index (κ2) is 13.7. The second-order valence-corrected chi connectivity index (χ2v) is 13.7. The molecular weight excluding hydrogens is 623 g/mol. The molecule has 3 aromatic rings. The van der Waals surface area contributed by atoms with Gasteiger partial charge in [-0.25, -0.2) is 17.5 Å². The lowest BCUT2D eigenvalue weighted by molar-refractivity contribution is -0.139. The molecule has 10 nitrogen and oxygen atoms in total. The smallest absolute Gasteiger partial charge is 0.261 e. The van der Waals surface area contributed by atoms with Crippen molar-refractivity contribution in [1.29, 1.82) is 0 Å². The first-order valence-electron chi connectivity index (χ1n) is 14.5. The fourth-order valence-electron chi connectivity index (χ4n) is 5.55. The third kappa shape index (κ3) is 7.70. The van der Waals surface area contributed by atoms with E-state index in [1.54, 1.807) is 47.4 Å². The maximum atomic E-state index is 13.3. The fraction of sp³-hybridized carbons (Fsp3) is 0.344. The van der Waals surface area contributed by atoms with E-state index in [4.69, 9.17) is 16.3 Å². The van der Waals surface area contributed by atoms with Crippen LogP contribution in [0.25, 0.3) is 0 Å². The van der Waals surface area contributed by atoms with Crippen LogP contribution in [0.15, 0.2) is 66.7 Å². The van der Waals surface area contributed by atoms with Crippen LogP contribution >= 0.6 is 11.6 Å². The van der Waals surface area contributed by atoms with E-state index < -0.39 is 27.6 Å². The second-order valence-electron chi connectivity index (χ2n) is 11.3. The van der Waals surface area contributed by atoms with Crippen LogP contribution in [0.3, 0.4) is 0 Å². The predicted octanol–water partition coefficient (Wildman–Crippen LogP) is 3.69. The number of ether oxygens (including phenoxy) is 1. The van der Waals surface area contributed by atoms with Crippen molar-refractivity contribution in [2.75, 3.05) is 32.0 Å². The Labute approximate surface area is 266 Å². The Morgan fingerprint density at radius 1 is 0.978 bits per heavy atom. The average molecular weight is 657 g/mol. The molecule has 1 fully saturated rings. The number of rotatable bonds is 11. The van der Waals surface area contributed by atoms with Crippen LogP contribution in [0.5, 0.6) is 5.75 Å². The van der Waals surface area contributed by atoms with E-state index in [1.807, 2.05) is 13.8 Å². The highest BCUT2D eigenvalue weighted by Crippen LogP contribution is 2.25. The zero-order valence-corrected chi connectivity index (χ0v) is 26.5. The lowest BCUT2D eigenvalue weighted by atomic mass is 10.1. The molecule has 2 atom stereocenters. The summed E-state index contributed by atoms with van der Waals surface area (Å²) >= 11 is 6.18. The molecule has 0 bridgehead atoms. The number of hydrogen-bond acceptors (Lipinski definition) is 7. The lowest BCUT2D eigenvalue weighted by Crippen LogP contribution is -2.58. The number of nitrogens with zero attached hydrogens (tertiary/aromatic N) is 3. The molecule has 2 aliphatic heterocycles. The molecule has 1 N–H and O–H groups in total. The Morgan fingerprint density at radius 2 is 1.64 bits per heavy atom. The molecule has 3 amide bonds. The number of fused-ring (bicyclic) bond motifs is 1. The van der Waals surface area contributed by atoms with E-state index in [0.29, 0.717) is 36.0 Å². The molecule has 0 spiro atoms. The van der Waals surface area contributed by atoms with Gasteiger partial charge in [0.2, 0.25) is 10.0 Å². The van der Waals surface area contributed by atoms with Gasteiger partial charge in [-0.2, -0.15) is 0 Å². The highest BCUT2D eigenvalue weighted by molar-refractivity contribution is 7.89. The highest BCUT2D eigenvalue weighted by atomic mass is 35.5. The number of piperazine rings is 1. The van der Waals surface area contributed by atoms with Crippen LogP contribution in [0.4, 0.5) is 4.39 Å². The molecule has 0 radical (unpaired) electrons. The molecular formula is C32H34ClFN4O6S. The molecule has 1 saturated heterocycles. The van der Waals surface area contributed by atoms with E-state index in [-0.39, 0.29) is 54.6 Å². The molecule has 0 aliphatic carbocycles. The van der Waals surface area contributed by atoms with Crippen molar-refractivity contribution in [3.05, 3.63) is 99.8 Å². The van der Waals surface area contributed by atoms with Crippen molar-refractivity contribution in [1.82, 2.24) is 19.4 Å². The van der Waals surface area contributed by atoms with Gasteiger partial charge in [0.1, 0.15) is 11.6 Å². The predicted molar refractivity (Wildman–Crippen MR) is 167 cm³/mol. The summed E-state index contributed by atoms with van der Waals surface area (Å²) in [5, 5.41) is 0.355. The first-order chi connectivity index (χ1) is 21.4. The topological polar surface area (TPSA) is 116 Å². The van der Waals surface area contributed by atoms with Gasteiger partial charge in [0.05, 0.1) is 16.9 Å². The summed E-state index contributed by atoms with van der Waals surface area (Å²) in [6.07, 6.45) is 0. The molecule has 45 heavy (non-hydrogen) atoms. The SMILES string of the molecule is CC1CN(C(=O)COc2ccc(Cl)cc2CNS(=O)(=O)CCN2C(=O)c3ccccc3C2=O)C(C)CN1Cc1ccc(F)cc1. The van der Waals surface area contributed by atoms with E-state index in [1.165, 1.54) is 24.3 Å². The molecule has 0 saturated carbocycles. The number of carbonyl (C=O) groups is 3. The number of sulfonamides is 1. The van der Waals surface area contributed by atoms with Gasteiger partial charge in [-0.05, 0) is 61.9 Å². The van der Waals surface area contributed by atoms with Gasteiger partial charge in [0, 0.05) is 55.4 Å². The first-order valence-corrected chi connectivity index (χ1v) is 16.6. The van der Waals surface area contributed by atoms with E-state index in [9.17, 15) is 27.2 Å². The minimum absolute atomic E-state index is 0.0658. The third-order valence-electron chi connectivity index (χ3n) is 8.05. The number of nitrogens with one attached hydrogen (secondary N) is 1. The van der Waals surface area contributed by atoms with Gasteiger partial charge < -0.3 is 9.64 Å². The quantitative estimate of drug-likeness (QED) is 0.313. The number of amides is 3. The van der Waals surface area contributed by atoms with Crippen molar-refractivity contribution in [3.8, 4) is 5.75 Å². The fourth-order valence-corrected chi connectivity index (χ4v) is 6.69. The van der Waals surface area contributed by atoms with E-state index in [0.717, 1.165) is 10.5 Å². The summed E-state index contributed by atoms with van der Waals surface area (Å²) in [5.74, 6) is -1.74. The zero-order valence-electron chi connectivity index (χ0n) is 24.9. The summed E-state index contributed by atoms with van der Waals surface area (Å²) in [7, 11) is -3.92. The maximum Gasteiger partial charge on any atom is 0.261 e. The molecule has 238 valence electrons. The minimum Gasteiger partial charge on any atom is -0.483 e. The molecule has 3 aromatic carbocycles. The normalized spacial score (nSPS) is 18.8. The number of benzene rings is 3. The van der Waals surface area contributed by atoms with Gasteiger partial charge in [-0.15, -0.1) is 0 Å². The van der Waals surface area contributed by atoms with Crippen LogP contribution in [-0.4, -0.2) is 84.9 Å². The largest absolute Gasteiger partial charge is 0.483 e. The van der Waals surface area contributed by atoms with Crippen molar-refractivity contribution in [2.24, 2.45) is 0 Å². The van der Waals surface area contributed by atoms with Gasteiger partial charge in [0.25, 0.3) is 17.7 Å². The van der Waals surface area contributed by atoms with E-state index >= 15 is 0 Å². The summed E-state index contributed by atoms with van der Waals surface area (Å²) in [6, 6.07) is 17.4. The van der Waals surface area contributed by atoms with Gasteiger partial charge in [0.15, 0.2) is 6.61 Å². The van der Waals surface area contributed by atoms with Crippen LogP contribution in [0.1, 0.15) is 45.7 Å². The average Bonchev–Trinajstić information content (AvgIpc) is 3.26. The third-order valence-corrected chi connectivity index (χ3v) is 9.59. The van der Waals surface area contributed by atoms with Crippen LogP contribution in [-0.2, 0) is 27.9 Å². The number of halogens is 2. The number of carbonyl (C=O) groups excluding carboxylic acids is 3. The molecule has 2 unspecified atom stereocenters. The van der Waals surface area contributed by atoms with Gasteiger partial charge in [-0.1, -0.05) is 35.9 Å². The Balaban J connectivity index is 1.15. The van der Waals surface area contributed by atoms with Gasteiger partial charge in [-0.3, -0.25) is 24.2 Å². The highest BCUT2D eigenvalue weighted by Gasteiger charge is 2.36. The van der Waals surface area contributed by atoms with Crippen LogP contribution in [0, 0.1) is 5.82 Å². The summed E-state index contributed by atoms with van der Waals surface area (Å²) < 4.78 is 47.3. The maximum absolute atomic E-state index is 13.3. The van der Waals surface area contributed by atoms with Gasteiger partial charge >= 0.3 is 0 Å². The summed E-state index contributed by atoms with van der Waals surface area (Å²) in [6.45, 7) is 5.04. The van der Waals surface area contributed by atoms with E-state index in [2.05, 4.69) is 9.62 Å². The number of hydrogen-bond donors (Lipinski definition) is 1.